The normalized spacial score (nSPS) is 11.1. The maximum atomic E-state index is 13.1. The summed E-state index contributed by atoms with van der Waals surface area (Å²) in [5.74, 6) is -0.0306. The number of nitrogens with zero attached hydrogens (tertiary/aromatic N) is 4. The first kappa shape index (κ1) is 26.7. The minimum atomic E-state index is -0.603. The lowest BCUT2D eigenvalue weighted by Crippen LogP contribution is -2.22. The Hall–Kier alpha value is -4.38. The highest BCUT2D eigenvalue weighted by Gasteiger charge is 2.17. The summed E-state index contributed by atoms with van der Waals surface area (Å²) in [5.41, 5.74) is 1.91. The molecule has 0 aliphatic heterocycles. The molecule has 4 aromatic rings. The van der Waals surface area contributed by atoms with E-state index in [4.69, 9.17) is 4.74 Å². The molecule has 10 nitrogen and oxygen atoms in total. The van der Waals surface area contributed by atoms with E-state index in [-0.39, 0.29) is 17.0 Å². The zero-order valence-electron chi connectivity index (χ0n) is 20.7. The van der Waals surface area contributed by atoms with Crippen LogP contribution >= 0.6 is 15.9 Å². The number of nitrogens with one attached hydrogen (secondary N) is 1. The zero-order valence-corrected chi connectivity index (χ0v) is 22.3. The van der Waals surface area contributed by atoms with Crippen molar-refractivity contribution in [1.82, 2.24) is 9.66 Å². The zero-order chi connectivity index (χ0) is 27.2. The third-order valence-corrected chi connectivity index (χ3v) is 6.04. The van der Waals surface area contributed by atoms with E-state index in [0.29, 0.717) is 34.4 Å². The Morgan fingerprint density at radius 2 is 1.95 bits per heavy atom. The standard InChI is InChI=1S/C27H24BrN5O5/c1-3-4-25-31-22-11-8-19(28)14-21(22)27(35)32(25)29-15-18-7-12-24(23(13-18)33(36)37)38-16-26(34)30-20-9-5-17(2)6-10-20/h5-15H,3-4,16H2,1-2H3,(H,30,34). The van der Waals surface area contributed by atoms with Crippen LogP contribution in [-0.2, 0) is 11.2 Å². The number of hydrogen-bond acceptors (Lipinski definition) is 7. The van der Waals surface area contributed by atoms with Crippen molar-refractivity contribution in [2.75, 3.05) is 11.9 Å². The molecule has 0 aliphatic carbocycles. The molecule has 0 fully saturated rings. The van der Waals surface area contributed by atoms with Crippen LogP contribution in [0.4, 0.5) is 11.4 Å². The second-order valence-electron chi connectivity index (χ2n) is 8.49. The molecule has 38 heavy (non-hydrogen) atoms. The Labute approximate surface area is 226 Å². The number of nitro benzene ring substituents is 1. The second-order valence-corrected chi connectivity index (χ2v) is 9.40. The summed E-state index contributed by atoms with van der Waals surface area (Å²) in [6, 6.07) is 16.7. The molecule has 0 radical (unpaired) electrons. The van der Waals surface area contributed by atoms with Gasteiger partial charge in [-0.25, -0.2) is 4.98 Å². The summed E-state index contributed by atoms with van der Waals surface area (Å²) in [4.78, 5) is 41.1. The maximum Gasteiger partial charge on any atom is 0.311 e. The van der Waals surface area contributed by atoms with Gasteiger partial charge in [0.25, 0.3) is 11.5 Å². The topological polar surface area (TPSA) is 129 Å². The summed E-state index contributed by atoms with van der Waals surface area (Å²) in [6.07, 6.45) is 2.63. The molecule has 4 rings (SSSR count). The van der Waals surface area contributed by atoms with Crippen LogP contribution in [0.15, 0.2) is 75.0 Å². The van der Waals surface area contributed by atoms with Gasteiger partial charge in [0.1, 0.15) is 5.82 Å². The summed E-state index contributed by atoms with van der Waals surface area (Å²) in [6.45, 7) is 3.49. The fraction of sp³-hybridized carbons (Fsp3) is 0.185. The van der Waals surface area contributed by atoms with E-state index in [9.17, 15) is 19.7 Å². The van der Waals surface area contributed by atoms with Gasteiger partial charge in [-0.1, -0.05) is 40.5 Å². The van der Waals surface area contributed by atoms with E-state index in [1.54, 1.807) is 30.3 Å². The van der Waals surface area contributed by atoms with Gasteiger partial charge in [-0.3, -0.25) is 19.7 Å². The van der Waals surface area contributed by atoms with Crippen molar-refractivity contribution in [2.45, 2.75) is 26.7 Å². The van der Waals surface area contributed by atoms with Crippen molar-refractivity contribution in [3.63, 3.8) is 0 Å². The number of rotatable bonds is 9. The average molecular weight is 578 g/mol. The highest BCUT2D eigenvalue weighted by molar-refractivity contribution is 9.10. The van der Waals surface area contributed by atoms with Gasteiger partial charge < -0.3 is 10.1 Å². The first-order valence-electron chi connectivity index (χ1n) is 11.8. The molecule has 0 saturated heterocycles. The number of hydrogen-bond donors (Lipinski definition) is 1. The smallest absolute Gasteiger partial charge is 0.311 e. The third-order valence-electron chi connectivity index (χ3n) is 5.55. The summed E-state index contributed by atoms with van der Waals surface area (Å²) >= 11 is 3.37. The Kier molecular flexibility index (Phi) is 8.27. The highest BCUT2D eigenvalue weighted by atomic mass is 79.9. The molecule has 0 spiro atoms. The Morgan fingerprint density at radius 1 is 1.18 bits per heavy atom. The first-order valence-corrected chi connectivity index (χ1v) is 12.6. The van der Waals surface area contributed by atoms with Crippen molar-refractivity contribution in [3.8, 4) is 5.75 Å². The quantitative estimate of drug-likeness (QED) is 0.165. The fourth-order valence-corrected chi connectivity index (χ4v) is 4.04. The number of carbonyl (C=O) groups is 1. The van der Waals surface area contributed by atoms with Crippen LogP contribution in [0.5, 0.6) is 5.75 Å². The Morgan fingerprint density at radius 3 is 2.66 bits per heavy atom. The highest BCUT2D eigenvalue weighted by Crippen LogP contribution is 2.27. The number of benzene rings is 3. The van der Waals surface area contributed by atoms with Gasteiger partial charge in [0.15, 0.2) is 12.4 Å². The number of nitro groups is 1. The van der Waals surface area contributed by atoms with E-state index in [1.165, 1.54) is 23.0 Å². The van der Waals surface area contributed by atoms with Crippen molar-refractivity contribution < 1.29 is 14.5 Å². The average Bonchev–Trinajstić information content (AvgIpc) is 2.89. The molecule has 0 atom stereocenters. The third kappa shape index (κ3) is 6.30. The molecular formula is C27H24BrN5O5. The van der Waals surface area contributed by atoms with Gasteiger partial charge in [-0.15, -0.1) is 0 Å². The maximum absolute atomic E-state index is 13.1. The van der Waals surface area contributed by atoms with E-state index in [0.717, 1.165) is 16.5 Å². The van der Waals surface area contributed by atoms with E-state index < -0.39 is 17.4 Å². The lowest BCUT2D eigenvalue weighted by molar-refractivity contribution is -0.385. The van der Waals surface area contributed by atoms with Gasteiger partial charge in [-0.05, 0) is 55.8 Å². The van der Waals surface area contributed by atoms with Gasteiger partial charge in [-0.2, -0.15) is 9.78 Å². The molecule has 0 saturated carbocycles. The largest absolute Gasteiger partial charge is 0.477 e. The predicted octanol–water partition coefficient (Wildman–Crippen LogP) is 5.23. The van der Waals surface area contributed by atoms with Gasteiger partial charge >= 0.3 is 5.69 Å². The van der Waals surface area contributed by atoms with Crippen LogP contribution in [0.1, 0.15) is 30.3 Å². The molecule has 3 aromatic carbocycles. The summed E-state index contributed by atoms with van der Waals surface area (Å²) < 4.78 is 7.39. The molecule has 1 amide bonds. The molecule has 194 valence electrons. The number of aromatic nitrogens is 2. The van der Waals surface area contributed by atoms with Crippen LogP contribution in [0, 0.1) is 17.0 Å². The van der Waals surface area contributed by atoms with Crippen LogP contribution in [0.3, 0.4) is 0 Å². The first-order chi connectivity index (χ1) is 18.2. The Bertz CT molecular complexity index is 1600. The predicted molar refractivity (Wildman–Crippen MR) is 149 cm³/mol. The van der Waals surface area contributed by atoms with Crippen LogP contribution in [0.2, 0.25) is 0 Å². The fourth-order valence-electron chi connectivity index (χ4n) is 3.68. The Balaban J connectivity index is 1.56. The summed E-state index contributed by atoms with van der Waals surface area (Å²) in [5, 5.41) is 19.1. The van der Waals surface area contributed by atoms with Gasteiger partial charge in [0, 0.05) is 28.2 Å². The van der Waals surface area contributed by atoms with Crippen molar-refractivity contribution in [1.29, 1.82) is 0 Å². The minimum Gasteiger partial charge on any atom is -0.477 e. The SMILES string of the molecule is CCCc1nc2ccc(Br)cc2c(=O)n1N=Cc1ccc(OCC(=O)Nc2ccc(C)cc2)c([N+](=O)[O-])c1. The number of amides is 1. The number of carbonyl (C=O) groups excluding carboxylic acids is 1. The molecule has 1 heterocycles. The van der Waals surface area contributed by atoms with E-state index in [2.05, 4.69) is 31.3 Å². The van der Waals surface area contributed by atoms with E-state index in [1.807, 2.05) is 32.0 Å². The van der Waals surface area contributed by atoms with Crippen molar-refractivity contribution >= 4 is 50.3 Å². The second kappa shape index (κ2) is 11.8. The van der Waals surface area contributed by atoms with Gasteiger partial charge in [0.05, 0.1) is 22.0 Å². The molecule has 1 aromatic heterocycles. The molecule has 0 unspecified atom stereocenters. The van der Waals surface area contributed by atoms with Crippen molar-refractivity contribution in [2.24, 2.45) is 5.10 Å². The lowest BCUT2D eigenvalue weighted by atomic mass is 10.2. The molecular weight excluding hydrogens is 554 g/mol. The number of anilines is 1. The number of fused-ring (bicyclic) bond motifs is 1. The molecule has 1 N–H and O–H groups in total. The van der Waals surface area contributed by atoms with Crippen molar-refractivity contribution in [3.05, 3.63) is 103 Å². The van der Waals surface area contributed by atoms with Crippen LogP contribution < -0.4 is 15.6 Å². The summed E-state index contributed by atoms with van der Waals surface area (Å²) in [7, 11) is 0. The monoisotopic (exact) mass is 577 g/mol. The number of ether oxygens (including phenoxy) is 1. The lowest BCUT2D eigenvalue weighted by Gasteiger charge is -2.09. The number of aryl methyl sites for hydroxylation is 2. The molecule has 0 aliphatic rings. The molecule has 11 heteroatoms. The van der Waals surface area contributed by atoms with E-state index >= 15 is 0 Å². The minimum absolute atomic E-state index is 0.0627. The van der Waals surface area contributed by atoms with Gasteiger partial charge in [0.2, 0.25) is 0 Å². The number of halogens is 1. The van der Waals surface area contributed by atoms with Crippen LogP contribution in [-0.4, -0.2) is 33.3 Å². The van der Waals surface area contributed by atoms with Crippen LogP contribution in [0.25, 0.3) is 10.9 Å². The molecule has 0 bridgehead atoms.